The lowest BCUT2D eigenvalue weighted by Crippen LogP contribution is -2.30. The Morgan fingerprint density at radius 1 is 0.892 bits per heavy atom. The number of carbonyl (C=O) groups excluding carboxylic acids is 3. The molecule has 1 N–H and O–H groups in total. The number of nitrogens with zero attached hydrogens (tertiary/aromatic N) is 3. The number of benzene rings is 3. The molecule has 1 atom stereocenters. The lowest BCUT2D eigenvalue weighted by Gasteiger charge is -2.17. The van der Waals surface area contributed by atoms with E-state index in [1.807, 2.05) is 42.5 Å². The number of hydrogen-bond donors (Lipinski definition) is 1. The highest BCUT2D eigenvalue weighted by Crippen LogP contribution is 2.28. The van der Waals surface area contributed by atoms with Crippen LogP contribution in [0.3, 0.4) is 0 Å². The third-order valence-electron chi connectivity index (χ3n) is 5.74. The number of aromatic nitrogens is 3. The van der Waals surface area contributed by atoms with Gasteiger partial charge in [0.25, 0.3) is 0 Å². The van der Waals surface area contributed by atoms with Crippen LogP contribution in [0.2, 0.25) is 0 Å². The van der Waals surface area contributed by atoms with Crippen LogP contribution in [0.1, 0.15) is 33.3 Å². The minimum absolute atomic E-state index is 0.0897. The van der Waals surface area contributed by atoms with Crippen LogP contribution in [0.4, 0.5) is 5.69 Å². The quantitative estimate of drug-likeness (QED) is 0.220. The zero-order chi connectivity index (χ0) is 25.6. The molecule has 0 saturated carbocycles. The summed E-state index contributed by atoms with van der Waals surface area (Å²) in [4.78, 5) is 39.8. The molecule has 0 aliphatic heterocycles. The predicted molar refractivity (Wildman–Crippen MR) is 140 cm³/mol. The number of para-hydroxylation sites is 1. The Kier molecular flexibility index (Phi) is 7.14. The molecule has 5 rings (SSSR count). The number of thiophene rings is 1. The Hall–Kier alpha value is -4.63. The molecule has 0 aliphatic rings. The number of amides is 1. The van der Waals surface area contributed by atoms with Crippen molar-refractivity contribution >= 4 is 45.7 Å². The SMILES string of the molecule is O=C(CC(C(=O)Nc1ccsc1C(=O)c1ccccc1)n1nnc2ccccc21)OCc1ccccc1. The first-order valence-electron chi connectivity index (χ1n) is 11.6. The van der Waals surface area contributed by atoms with Crippen LogP contribution >= 0.6 is 11.3 Å². The molecule has 184 valence electrons. The Morgan fingerprint density at radius 3 is 2.38 bits per heavy atom. The van der Waals surface area contributed by atoms with Gasteiger partial charge in [0.05, 0.1) is 22.5 Å². The van der Waals surface area contributed by atoms with E-state index < -0.39 is 17.9 Å². The van der Waals surface area contributed by atoms with E-state index in [0.717, 1.165) is 5.56 Å². The average Bonchev–Trinajstić information content (AvgIpc) is 3.58. The highest BCUT2D eigenvalue weighted by molar-refractivity contribution is 7.13. The van der Waals surface area contributed by atoms with Gasteiger partial charge in [-0.15, -0.1) is 16.4 Å². The Labute approximate surface area is 216 Å². The number of fused-ring (bicyclic) bond motifs is 1. The van der Waals surface area contributed by atoms with Crippen molar-refractivity contribution < 1.29 is 19.1 Å². The first-order chi connectivity index (χ1) is 18.1. The molecule has 5 aromatic rings. The van der Waals surface area contributed by atoms with Gasteiger partial charge in [-0.05, 0) is 29.1 Å². The van der Waals surface area contributed by atoms with Crippen LogP contribution in [-0.2, 0) is 20.9 Å². The molecule has 9 heteroatoms. The van der Waals surface area contributed by atoms with E-state index in [0.29, 0.717) is 27.2 Å². The van der Waals surface area contributed by atoms with Crippen molar-refractivity contribution in [3.63, 3.8) is 0 Å². The predicted octanol–water partition coefficient (Wildman–Crippen LogP) is 5.04. The number of ketones is 1. The van der Waals surface area contributed by atoms with Gasteiger partial charge in [-0.3, -0.25) is 14.4 Å². The molecule has 0 radical (unpaired) electrons. The van der Waals surface area contributed by atoms with Crippen LogP contribution in [0, 0.1) is 0 Å². The van der Waals surface area contributed by atoms with Gasteiger partial charge in [0.15, 0.2) is 0 Å². The number of hydrogen-bond acceptors (Lipinski definition) is 7. The topological polar surface area (TPSA) is 103 Å². The minimum atomic E-state index is -1.05. The lowest BCUT2D eigenvalue weighted by molar-refractivity contribution is -0.147. The standard InChI is InChI=1S/C28H22N4O4S/c33-25(36-18-19-9-3-1-4-10-19)17-24(32-23-14-8-7-13-21(23)30-31-32)28(35)29-22-15-16-37-27(22)26(34)20-11-5-2-6-12-20/h1-16,24H,17-18H2,(H,29,35). The van der Waals surface area contributed by atoms with E-state index in [4.69, 9.17) is 4.74 Å². The summed E-state index contributed by atoms with van der Waals surface area (Å²) in [5.74, 6) is -1.27. The fourth-order valence-corrected chi connectivity index (χ4v) is 4.69. The number of nitrogens with one attached hydrogen (secondary N) is 1. The maximum absolute atomic E-state index is 13.6. The highest BCUT2D eigenvalue weighted by atomic mass is 32.1. The Bertz CT molecular complexity index is 1550. The Morgan fingerprint density at radius 2 is 1.59 bits per heavy atom. The van der Waals surface area contributed by atoms with Gasteiger partial charge >= 0.3 is 5.97 Å². The number of ether oxygens (including phenoxy) is 1. The minimum Gasteiger partial charge on any atom is -0.461 e. The molecule has 0 fully saturated rings. The molecule has 1 unspecified atom stereocenters. The van der Waals surface area contributed by atoms with E-state index in [-0.39, 0.29) is 18.8 Å². The first-order valence-corrected chi connectivity index (χ1v) is 12.5. The van der Waals surface area contributed by atoms with Crippen molar-refractivity contribution in [2.45, 2.75) is 19.1 Å². The second-order valence-electron chi connectivity index (χ2n) is 8.24. The summed E-state index contributed by atoms with van der Waals surface area (Å²) in [6, 6.07) is 25.9. The molecule has 2 heterocycles. The van der Waals surface area contributed by atoms with E-state index in [9.17, 15) is 14.4 Å². The first kappa shape index (κ1) is 24.1. The van der Waals surface area contributed by atoms with E-state index in [1.54, 1.807) is 53.9 Å². The van der Waals surface area contributed by atoms with E-state index in [2.05, 4.69) is 15.6 Å². The summed E-state index contributed by atoms with van der Waals surface area (Å²) in [5, 5.41) is 12.9. The molecule has 37 heavy (non-hydrogen) atoms. The van der Waals surface area contributed by atoms with Gasteiger partial charge in [-0.1, -0.05) is 78.0 Å². The van der Waals surface area contributed by atoms with E-state index in [1.165, 1.54) is 16.0 Å². The molecule has 2 aromatic heterocycles. The molecular formula is C28H22N4O4S. The van der Waals surface area contributed by atoms with Crippen molar-refractivity contribution in [1.82, 2.24) is 15.0 Å². The van der Waals surface area contributed by atoms with Gasteiger partial charge < -0.3 is 10.1 Å². The van der Waals surface area contributed by atoms with Gasteiger partial charge in [-0.2, -0.15) is 0 Å². The average molecular weight is 511 g/mol. The molecule has 0 saturated heterocycles. The van der Waals surface area contributed by atoms with E-state index >= 15 is 0 Å². The largest absolute Gasteiger partial charge is 0.461 e. The van der Waals surface area contributed by atoms with Crippen LogP contribution < -0.4 is 5.32 Å². The van der Waals surface area contributed by atoms with Crippen LogP contribution in [0.5, 0.6) is 0 Å². The molecule has 0 spiro atoms. The molecule has 0 aliphatic carbocycles. The summed E-state index contributed by atoms with van der Waals surface area (Å²) >= 11 is 1.24. The summed E-state index contributed by atoms with van der Waals surface area (Å²) in [6.07, 6.45) is -0.266. The van der Waals surface area contributed by atoms with Gasteiger partial charge in [0.2, 0.25) is 11.7 Å². The number of rotatable bonds is 9. The fraction of sp³-hybridized carbons (Fsp3) is 0.107. The zero-order valence-electron chi connectivity index (χ0n) is 19.6. The molecule has 0 bridgehead atoms. The fourth-order valence-electron chi connectivity index (χ4n) is 3.88. The molecule has 1 amide bonds. The van der Waals surface area contributed by atoms with Crippen molar-refractivity contribution in [1.29, 1.82) is 0 Å². The summed E-state index contributed by atoms with van der Waals surface area (Å²) in [7, 11) is 0. The number of esters is 1. The second kappa shape index (κ2) is 11.0. The van der Waals surface area contributed by atoms with Crippen molar-refractivity contribution in [2.75, 3.05) is 5.32 Å². The third kappa shape index (κ3) is 5.46. The van der Waals surface area contributed by atoms with Gasteiger partial charge in [0.1, 0.15) is 18.2 Å². The second-order valence-corrected chi connectivity index (χ2v) is 9.15. The lowest BCUT2D eigenvalue weighted by atomic mass is 10.1. The van der Waals surface area contributed by atoms with Gasteiger partial charge in [-0.25, -0.2) is 4.68 Å². The molecule has 8 nitrogen and oxygen atoms in total. The summed E-state index contributed by atoms with van der Waals surface area (Å²) in [5.41, 5.74) is 2.92. The maximum atomic E-state index is 13.6. The summed E-state index contributed by atoms with van der Waals surface area (Å²) in [6.45, 7) is 0.0897. The number of carbonyl (C=O) groups is 3. The number of anilines is 1. The third-order valence-corrected chi connectivity index (χ3v) is 6.66. The monoisotopic (exact) mass is 510 g/mol. The van der Waals surface area contributed by atoms with Gasteiger partial charge in [0, 0.05) is 5.56 Å². The molecule has 3 aromatic carbocycles. The Balaban J connectivity index is 1.39. The van der Waals surface area contributed by atoms with Crippen LogP contribution in [-0.4, -0.2) is 32.7 Å². The zero-order valence-corrected chi connectivity index (χ0v) is 20.4. The normalized spacial score (nSPS) is 11.7. The highest BCUT2D eigenvalue weighted by Gasteiger charge is 2.29. The van der Waals surface area contributed by atoms with Crippen molar-refractivity contribution in [3.05, 3.63) is 112 Å². The van der Waals surface area contributed by atoms with Crippen LogP contribution in [0.15, 0.2) is 96.4 Å². The molecular weight excluding hydrogens is 488 g/mol. The van der Waals surface area contributed by atoms with Crippen LogP contribution in [0.25, 0.3) is 11.0 Å². The maximum Gasteiger partial charge on any atom is 0.308 e. The smallest absolute Gasteiger partial charge is 0.308 e. The summed E-state index contributed by atoms with van der Waals surface area (Å²) < 4.78 is 6.86. The van der Waals surface area contributed by atoms with Crippen molar-refractivity contribution in [2.24, 2.45) is 0 Å². The van der Waals surface area contributed by atoms with Crippen molar-refractivity contribution in [3.8, 4) is 0 Å².